The molecule has 1 N–H and O–H groups in total. The number of amides is 1. The molecule has 19 heavy (non-hydrogen) atoms. The van der Waals surface area contributed by atoms with Crippen LogP contribution in [0, 0.1) is 0 Å². The van der Waals surface area contributed by atoms with Crippen LogP contribution in [0.5, 0.6) is 0 Å². The van der Waals surface area contributed by atoms with Gasteiger partial charge in [0.15, 0.2) is 0 Å². The van der Waals surface area contributed by atoms with E-state index in [1.54, 1.807) is 19.1 Å². The first-order valence-corrected chi connectivity index (χ1v) is 6.57. The van der Waals surface area contributed by atoms with E-state index in [0.717, 1.165) is 11.3 Å². The Morgan fingerprint density at radius 3 is 2.74 bits per heavy atom. The number of ether oxygens (including phenoxy) is 1. The number of nitrogens with one attached hydrogen (secondary N) is 1. The Balaban J connectivity index is 2.06. The number of esters is 1. The Kier molecular flexibility index (Phi) is 4.25. The summed E-state index contributed by atoms with van der Waals surface area (Å²) in [6, 6.07) is 9.05. The Morgan fingerprint density at radius 2 is 2.05 bits per heavy atom. The lowest BCUT2D eigenvalue weighted by atomic mass is 10.3. The number of carbonyl (C=O) groups is 2. The predicted molar refractivity (Wildman–Crippen MR) is 72.5 cm³/mol. The van der Waals surface area contributed by atoms with Crippen molar-refractivity contribution in [2.24, 2.45) is 0 Å². The SMILES string of the molecule is CCOC(=O)c1nc(C(=O)Nc2ccccc2)cs1. The number of para-hydroxylation sites is 1. The summed E-state index contributed by atoms with van der Waals surface area (Å²) in [5.41, 5.74) is 0.884. The second-order valence-electron chi connectivity index (χ2n) is 3.58. The van der Waals surface area contributed by atoms with Gasteiger partial charge in [-0.1, -0.05) is 18.2 Å². The Bertz CT molecular complexity index is 581. The first kappa shape index (κ1) is 13.2. The van der Waals surface area contributed by atoms with Crippen molar-refractivity contribution in [1.29, 1.82) is 0 Å². The molecule has 0 saturated carbocycles. The Labute approximate surface area is 114 Å². The van der Waals surface area contributed by atoms with E-state index in [0.29, 0.717) is 5.69 Å². The summed E-state index contributed by atoms with van der Waals surface area (Å²) in [6.45, 7) is 2.00. The van der Waals surface area contributed by atoms with Gasteiger partial charge in [0.25, 0.3) is 5.91 Å². The molecule has 2 rings (SSSR count). The molecule has 0 saturated heterocycles. The van der Waals surface area contributed by atoms with Crippen molar-refractivity contribution in [3.05, 3.63) is 46.4 Å². The molecule has 1 aromatic carbocycles. The molecular formula is C13H12N2O3S. The van der Waals surface area contributed by atoms with Crippen molar-refractivity contribution < 1.29 is 14.3 Å². The number of benzene rings is 1. The summed E-state index contributed by atoms with van der Waals surface area (Å²) in [4.78, 5) is 27.3. The number of thiazole rings is 1. The van der Waals surface area contributed by atoms with E-state index in [1.807, 2.05) is 18.2 Å². The molecule has 98 valence electrons. The van der Waals surface area contributed by atoms with E-state index in [1.165, 1.54) is 5.38 Å². The van der Waals surface area contributed by atoms with Crippen LogP contribution < -0.4 is 5.32 Å². The molecule has 0 fully saturated rings. The molecule has 1 heterocycles. The van der Waals surface area contributed by atoms with E-state index >= 15 is 0 Å². The van der Waals surface area contributed by atoms with Crippen LogP contribution in [0.1, 0.15) is 27.2 Å². The lowest BCUT2D eigenvalue weighted by molar-refractivity contribution is 0.0526. The predicted octanol–water partition coefficient (Wildman–Crippen LogP) is 2.57. The Hall–Kier alpha value is -2.21. The molecule has 0 aliphatic heterocycles. The standard InChI is InChI=1S/C13H12N2O3S/c1-2-18-13(17)12-15-10(8-19-12)11(16)14-9-6-4-3-5-7-9/h3-8H,2H2,1H3,(H,14,16). The van der Waals surface area contributed by atoms with Crippen molar-refractivity contribution >= 4 is 28.9 Å². The van der Waals surface area contributed by atoms with Gasteiger partial charge >= 0.3 is 5.97 Å². The second kappa shape index (κ2) is 6.10. The number of hydrogen-bond donors (Lipinski definition) is 1. The maximum Gasteiger partial charge on any atom is 0.367 e. The molecule has 0 spiro atoms. The molecule has 0 unspecified atom stereocenters. The molecule has 1 amide bonds. The van der Waals surface area contributed by atoms with Crippen molar-refractivity contribution in [3.63, 3.8) is 0 Å². The summed E-state index contributed by atoms with van der Waals surface area (Å²) in [6.07, 6.45) is 0. The zero-order valence-electron chi connectivity index (χ0n) is 10.3. The second-order valence-corrected chi connectivity index (χ2v) is 4.44. The highest BCUT2D eigenvalue weighted by molar-refractivity contribution is 7.11. The highest BCUT2D eigenvalue weighted by atomic mass is 32.1. The van der Waals surface area contributed by atoms with Crippen LogP contribution in [0.2, 0.25) is 0 Å². The lowest BCUT2D eigenvalue weighted by Crippen LogP contribution is -2.13. The number of rotatable bonds is 4. The first-order chi connectivity index (χ1) is 9.20. The molecular weight excluding hydrogens is 264 g/mol. The molecule has 0 radical (unpaired) electrons. The van der Waals surface area contributed by atoms with E-state index in [9.17, 15) is 9.59 Å². The van der Waals surface area contributed by atoms with Crippen molar-refractivity contribution in [3.8, 4) is 0 Å². The van der Waals surface area contributed by atoms with Gasteiger partial charge in [-0.25, -0.2) is 9.78 Å². The third-order valence-electron chi connectivity index (χ3n) is 2.22. The fraction of sp³-hybridized carbons (Fsp3) is 0.154. The van der Waals surface area contributed by atoms with E-state index < -0.39 is 5.97 Å². The topological polar surface area (TPSA) is 68.3 Å². The van der Waals surface area contributed by atoms with Crippen LogP contribution in [-0.2, 0) is 4.74 Å². The van der Waals surface area contributed by atoms with Crippen LogP contribution in [0.4, 0.5) is 5.69 Å². The van der Waals surface area contributed by atoms with Gasteiger partial charge in [-0.3, -0.25) is 4.79 Å². The van der Waals surface area contributed by atoms with E-state index in [-0.39, 0.29) is 23.2 Å². The maximum atomic E-state index is 11.9. The fourth-order valence-corrected chi connectivity index (χ4v) is 2.07. The van der Waals surface area contributed by atoms with E-state index in [4.69, 9.17) is 4.74 Å². The molecule has 2 aromatic rings. The average molecular weight is 276 g/mol. The van der Waals surface area contributed by atoms with Gasteiger partial charge in [0.1, 0.15) is 5.69 Å². The first-order valence-electron chi connectivity index (χ1n) is 5.69. The van der Waals surface area contributed by atoms with Crippen LogP contribution in [0.15, 0.2) is 35.7 Å². The van der Waals surface area contributed by atoms with E-state index in [2.05, 4.69) is 10.3 Å². The summed E-state index contributed by atoms with van der Waals surface area (Å²) in [7, 11) is 0. The van der Waals surface area contributed by atoms with Crippen LogP contribution in [-0.4, -0.2) is 23.5 Å². The third-order valence-corrected chi connectivity index (χ3v) is 3.04. The highest BCUT2D eigenvalue weighted by Gasteiger charge is 2.16. The number of anilines is 1. The van der Waals surface area contributed by atoms with Gasteiger partial charge in [-0.15, -0.1) is 11.3 Å². The maximum absolute atomic E-state index is 11.9. The number of nitrogens with zero attached hydrogens (tertiary/aromatic N) is 1. The molecule has 0 bridgehead atoms. The average Bonchev–Trinajstić information content (AvgIpc) is 2.90. The molecule has 6 heteroatoms. The largest absolute Gasteiger partial charge is 0.461 e. The summed E-state index contributed by atoms with van der Waals surface area (Å²) in [5, 5.41) is 4.41. The molecule has 0 atom stereocenters. The van der Waals surface area contributed by atoms with Crippen LogP contribution >= 0.6 is 11.3 Å². The number of aromatic nitrogens is 1. The van der Waals surface area contributed by atoms with Gasteiger partial charge < -0.3 is 10.1 Å². The monoisotopic (exact) mass is 276 g/mol. The summed E-state index contributed by atoms with van der Waals surface area (Å²) in [5.74, 6) is -0.857. The van der Waals surface area contributed by atoms with Crippen LogP contribution in [0.3, 0.4) is 0 Å². The van der Waals surface area contributed by atoms with Crippen molar-refractivity contribution in [1.82, 2.24) is 4.98 Å². The smallest absolute Gasteiger partial charge is 0.367 e. The van der Waals surface area contributed by atoms with Crippen molar-refractivity contribution in [2.75, 3.05) is 11.9 Å². The molecule has 0 aliphatic carbocycles. The third kappa shape index (κ3) is 3.38. The zero-order chi connectivity index (χ0) is 13.7. The normalized spacial score (nSPS) is 9.95. The van der Waals surface area contributed by atoms with Gasteiger partial charge in [0, 0.05) is 11.1 Å². The van der Waals surface area contributed by atoms with Gasteiger partial charge in [-0.05, 0) is 19.1 Å². The number of hydrogen-bond acceptors (Lipinski definition) is 5. The minimum atomic E-state index is -0.508. The fourth-order valence-electron chi connectivity index (χ4n) is 1.38. The highest BCUT2D eigenvalue weighted by Crippen LogP contribution is 2.13. The molecule has 0 aliphatic rings. The minimum Gasteiger partial charge on any atom is -0.461 e. The number of carbonyl (C=O) groups excluding carboxylic acids is 2. The zero-order valence-corrected chi connectivity index (χ0v) is 11.1. The Morgan fingerprint density at radius 1 is 1.32 bits per heavy atom. The minimum absolute atomic E-state index is 0.181. The lowest BCUT2D eigenvalue weighted by Gasteiger charge is -2.01. The molecule has 5 nitrogen and oxygen atoms in total. The van der Waals surface area contributed by atoms with Crippen molar-refractivity contribution in [2.45, 2.75) is 6.92 Å². The van der Waals surface area contributed by atoms with Gasteiger partial charge in [-0.2, -0.15) is 0 Å². The van der Waals surface area contributed by atoms with Crippen LogP contribution in [0.25, 0.3) is 0 Å². The summed E-state index contributed by atoms with van der Waals surface area (Å²) >= 11 is 1.09. The van der Waals surface area contributed by atoms with Gasteiger partial charge in [0.2, 0.25) is 5.01 Å². The quantitative estimate of drug-likeness (QED) is 0.871. The summed E-state index contributed by atoms with van der Waals surface area (Å²) < 4.78 is 4.82. The van der Waals surface area contributed by atoms with Gasteiger partial charge in [0.05, 0.1) is 6.61 Å². The molecule has 1 aromatic heterocycles.